The lowest BCUT2D eigenvalue weighted by atomic mass is 10.2. The van der Waals surface area contributed by atoms with Crippen LogP contribution in [0.25, 0.3) is 0 Å². The fourth-order valence-corrected chi connectivity index (χ4v) is 1.13. The van der Waals surface area contributed by atoms with Crippen LogP contribution < -0.4 is 4.74 Å². The lowest BCUT2D eigenvalue weighted by Crippen LogP contribution is -2.02. The third kappa shape index (κ3) is 4.28. The van der Waals surface area contributed by atoms with Crippen LogP contribution in [0.15, 0.2) is 24.3 Å². The summed E-state index contributed by atoms with van der Waals surface area (Å²) in [5, 5.41) is 0. The van der Waals surface area contributed by atoms with Crippen molar-refractivity contribution in [3.63, 3.8) is 0 Å². The molecule has 14 heavy (non-hydrogen) atoms. The Hall–Kier alpha value is -1.02. The Balaban J connectivity index is 2.15. The second-order valence-electron chi connectivity index (χ2n) is 3.21. The molecule has 0 radical (unpaired) electrons. The van der Waals surface area contributed by atoms with Crippen LogP contribution >= 0.6 is 0 Å². The van der Waals surface area contributed by atoms with Gasteiger partial charge >= 0.3 is 0 Å². The fraction of sp³-hybridized carbons (Fsp3) is 0.500. The lowest BCUT2D eigenvalue weighted by Gasteiger charge is -2.06. The Kier molecular flexibility index (Phi) is 5.08. The first-order chi connectivity index (χ1) is 6.83. The standard InChI is InChI=1S/C12H18O2/c1-3-13-9-4-10-14-12-7-5-11(2)6-8-12/h5-8H,3-4,9-10H2,1-2H3. The van der Waals surface area contributed by atoms with Crippen molar-refractivity contribution in [2.75, 3.05) is 19.8 Å². The van der Waals surface area contributed by atoms with Crippen LogP contribution in [-0.2, 0) is 4.74 Å². The number of aryl methyl sites for hydroxylation is 1. The van der Waals surface area contributed by atoms with Gasteiger partial charge in [0.05, 0.1) is 6.61 Å². The minimum absolute atomic E-state index is 0.725. The van der Waals surface area contributed by atoms with Crippen LogP contribution in [-0.4, -0.2) is 19.8 Å². The maximum atomic E-state index is 5.53. The van der Waals surface area contributed by atoms with Gasteiger partial charge in [-0.15, -0.1) is 0 Å². The summed E-state index contributed by atoms with van der Waals surface area (Å²) >= 11 is 0. The van der Waals surface area contributed by atoms with E-state index < -0.39 is 0 Å². The molecular weight excluding hydrogens is 176 g/mol. The zero-order valence-corrected chi connectivity index (χ0v) is 8.95. The minimum Gasteiger partial charge on any atom is -0.494 e. The van der Waals surface area contributed by atoms with Gasteiger partial charge in [0, 0.05) is 19.6 Å². The van der Waals surface area contributed by atoms with Crippen LogP contribution in [0.1, 0.15) is 18.9 Å². The van der Waals surface area contributed by atoms with Gasteiger partial charge in [-0.1, -0.05) is 17.7 Å². The maximum absolute atomic E-state index is 5.53. The summed E-state index contributed by atoms with van der Waals surface area (Å²) in [6, 6.07) is 8.10. The largest absolute Gasteiger partial charge is 0.494 e. The van der Waals surface area contributed by atoms with Gasteiger partial charge in [-0.05, 0) is 26.0 Å². The summed E-state index contributed by atoms with van der Waals surface area (Å²) in [4.78, 5) is 0. The Bertz CT molecular complexity index is 241. The van der Waals surface area contributed by atoms with E-state index in [1.54, 1.807) is 0 Å². The van der Waals surface area contributed by atoms with E-state index in [-0.39, 0.29) is 0 Å². The quantitative estimate of drug-likeness (QED) is 0.648. The molecule has 1 aromatic rings. The zero-order chi connectivity index (χ0) is 10.2. The van der Waals surface area contributed by atoms with Crippen LogP contribution in [0.3, 0.4) is 0 Å². The van der Waals surface area contributed by atoms with Gasteiger partial charge in [-0.25, -0.2) is 0 Å². The zero-order valence-electron chi connectivity index (χ0n) is 8.95. The van der Waals surface area contributed by atoms with Crippen molar-refractivity contribution in [1.82, 2.24) is 0 Å². The van der Waals surface area contributed by atoms with Crippen molar-refractivity contribution >= 4 is 0 Å². The van der Waals surface area contributed by atoms with Crippen LogP contribution in [0.5, 0.6) is 5.75 Å². The molecular formula is C12H18O2. The Morgan fingerprint density at radius 2 is 1.79 bits per heavy atom. The van der Waals surface area contributed by atoms with Crippen LogP contribution in [0.2, 0.25) is 0 Å². The Morgan fingerprint density at radius 3 is 2.43 bits per heavy atom. The Morgan fingerprint density at radius 1 is 1.07 bits per heavy atom. The van der Waals surface area contributed by atoms with Crippen molar-refractivity contribution in [2.24, 2.45) is 0 Å². The Labute approximate surface area is 85.8 Å². The summed E-state index contributed by atoms with van der Waals surface area (Å²) < 4.78 is 10.7. The van der Waals surface area contributed by atoms with E-state index in [0.717, 1.165) is 32.0 Å². The first-order valence-corrected chi connectivity index (χ1v) is 5.10. The lowest BCUT2D eigenvalue weighted by molar-refractivity contribution is 0.131. The first kappa shape index (κ1) is 11.1. The van der Waals surface area contributed by atoms with E-state index in [1.807, 2.05) is 19.1 Å². The number of benzene rings is 1. The highest BCUT2D eigenvalue weighted by Crippen LogP contribution is 2.11. The average Bonchev–Trinajstić information content (AvgIpc) is 2.21. The molecule has 0 bridgehead atoms. The number of rotatable bonds is 6. The smallest absolute Gasteiger partial charge is 0.119 e. The van der Waals surface area contributed by atoms with E-state index in [0.29, 0.717) is 0 Å². The molecule has 2 heteroatoms. The van der Waals surface area contributed by atoms with Gasteiger partial charge in [-0.3, -0.25) is 0 Å². The van der Waals surface area contributed by atoms with Crippen molar-refractivity contribution in [3.05, 3.63) is 29.8 Å². The molecule has 0 aliphatic heterocycles. The molecule has 2 nitrogen and oxygen atoms in total. The van der Waals surface area contributed by atoms with Crippen LogP contribution in [0.4, 0.5) is 0 Å². The maximum Gasteiger partial charge on any atom is 0.119 e. The molecule has 0 aliphatic carbocycles. The number of hydrogen-bond donors (Lipinski definition) is 0. The summed E-state index contributed by atoms with van der Waals surface area (Å²) in [7, 11) is 0. The molecule has 0 unspecified atom stereocenters. The van der Waals surface area contributed by atoms with Gasteiger partial charge in [0.2, 0.25) is 0 Å². The molecule has 0 saturated carbocycles. The molecule has 0 spiro atoms. The highest BCUT2D eigenvalue weighted by molar-refractivity contribution is 5.26. The number of hydrogen-bond acceptors (Lipinski definition) is 2. The molecule has 0 atom stereocenters. The van der Waals surface area contributed by atoms with Gasteiger partial charge in [0.15, 0.2) is 0 Å². The predicted octanol–water partition coefficient (Wildman–Crippen LogP) is 2.80. The molecule has 78 valence electrons. The number of ether oxygens (including phenoxy) is 2. The summed E-state index contributed by atoms with van der Waals surface area (Å²) in [6.07, 6.45) is 0.946. The SMILES string of the molecule is CCOCCCOc1ccc(C)cc1. The molecule has 0 N–H and O–H groups in total. The molecule has 1 rings (SSSR count). The molecule has 0 saturated heterocycles. The van der Waals surface area contributed by atoms with E-state index in [4.69, 9.17) is 9.47 Å². The topological polar surface area (TPSA) is 18.5 Å². The highest BCUT2D eigenvalue weighted by Gasteiger charge is 1.92. The molecule has 0 aliphatic rings. The van der Waals surface area contributed by atoms with E-state index in [1.165, 1.54) is 5.56 Å². The monoisotopic (exact) mass is 194 g/mol. The molecule has 0 fully saturated rings. The third-order valence-electron chi connectivity index (χ3n) is 1.93. The molecule has 0 amide bonds. The summed E-state index contributed by atoms with van der Waals surface area (Å²) in [6.45, 7) is 6.36. The average molecular weight is 194 g/mol. The molecule has 1 aromatic carbocycles. The normalized spacial score (nSPS) is 10.1. The summed E-state index contributed by atoms with van der Waals surface area (Å²) in [5.74, 6) is 0.937. The second kappa shape index (κ2) is 6.44. The van der Waals surface area contributed by atoms with Gasteiger partial charge < -0.3 is 9.47 Å². The van der Waals surface area contributed by atoms with E-state index in [9.17, 15) is 0 Å². The van der Waals surface area contributed by atoms with Gasteiger partial charge in [0.25, 0.3) is 0 Å². The van der Waals surface area contributed by atoms with Crippen molar-refractivity contribution in [2.45, 2.75) is 20.3 Å². The minimum atomic E-state index is 0.725. The third-order valence-corrected chi connectivity index (χ3v) is 1.93. The molecule has 0 heterocycles. The van der Waals surface area contributed by atoms with Crippen molar-refractivity contribution < 1.29 is 9.47 Å². The van der Waals surface area contributed by atoms with E-state index >= 15 is 0 Å². The first-order valence-electron chi connectivity index (χ1n) is 5.10. The van der Waals surface area contributed by atoms with Crippen LogP contribution in [0, 0.1) is 6.92 Å². The molecule has 0 aromatic heterocycles. The second-order valence-corrected chi connectivity index (χ2v) is 3.21. The highest BCUT2D eigenvalue weighted by atomic mass is 16.5. The van der Waals surface area contributed by atoms with Crippen molar-refractivity contribution in [1.29, 1.82) is 0 Å². The van der Waals surface area contributed by atoms with Gasteiger partial charge in [0.1, 0.15) is 5.75 Å². The summed E-state index contributed by atoms with van der Waals surface area (Å²) in [5.41, 5.74) is 1.26. The predicted molar refractivity (Wildman–Crippen MR) is 57.8 cm³/mol. The van der Waals surface area contributed by atoms with Gasteiger partial charge in [-0.2, -0.15) is 0 Å². The fourth-order valence-electron chi connectivity index (χ4n) is 1.13. The van der Waals surface area contributed by atoms with Crippen molar-refractivity contribution in [3.8, 4) is 5.75 Å². The van der Waals surface area contributed by atoms with E-state index in [2.05, 4.69) is 19.1 Å².